The lowest BCUT2D eigenvalue weighted by molar-refractivity contribution is -0.136. The van der Waals surface area contributed by atoms with Gasteiger partial charge >= 0.3 is 5.97 Å². The normalized spacial score (nSPS) is 12.0. The minimum absolute atomic E-state index is 0.0294. The van der Waals surface area contributed by atoms with Gasteiger partial charge < -0.3 is 10.8 Å². The highest BCUT2D eigenvalue weighted by atomic mass is 19.1. The number of aliphatic carboxylic acids is 1. The highest BCUT2D eigenvalue weighted by Gasteiger charge is 2.23. The Bertz CT molecular complexity index is 844. The number of carboxylic acids is 1. The van der Waals surface area contributed by atoms with E-state index in [0.29, 0.717) is 28.8 Å². The molecule has 0 saturated carbocycles. The van der Waals surface area contributed by atoms with Crippen LogP contribution in [-0.4, -0.2) is 32.3 Å². The summed E-state index contributed by atoms with van der Waals surface area (Å²) in [5.41, 5.74) is 7.69. The molecule has 2 aromatic rings. The molecule has 0 amide bonds. The molecule has 0 saturated heterocycles. The third-order valence-corrected chi connectivity index (χ3v) is 4.70. The summed E-state index contributed by atoms with van der Waals surface area (Å²) in [7, 11) is 0. The van der Waals surface area contributed by atoms with Gasteiger partial charge in [-0.05, 0) is 37.0 Å². The molecule has 0 bridgehead atoms. The molecule has 1 heterocycles. The van der Waals surface area contributed by atoms with Crippen molar-refractivity contribution in [3.8, 4) is 0 Å². The largest absolute Gasteiger partial charge is 0.481 e. The van der Waals surface area contributed by atoms with Gasteiger partial charge in [-0.15, -0.1) is 0 Å². The van der Waals surface area contributed by atoms with Crippen LogP contribution in [0.2, 0.25) is 0 Å². The van der Waals surface area contributed by atoms with Crippen LogP contribution in [0.4, 0.5) is 16.2 Å². The van der Waals surface area contributed by atoms with Crippen molar-refractivity contribution in [2.45, 2.75) is 58.9 Å². The second kappa shape index (κ2) is 9.45. The fraction of sp³-hybridized carbons (Fsp3) is 0.450. The number of carboxylic acid groups (broad SMARTS) is 1. The van der Waals surface area contributed by atoms with Gasteiger partial charge in [0.15, 0.2) is 5.82 Å². The number of hydrogen-bond donors (Lipinski definition) is 3. The van der Waals surface area contributed by atoms with Gasteiger partial charge in [0.05, 0.1) is 12.5 Å². The van der Waals surface area contributed by atoms with Crippen LogP contribution in [0.5, 0.6) is 0 Å². The zero-order valence-corrected chi connectivity index (χ0v) is 16.4. The van der Waals surface area contributed by atoms with Gasteiger partial charge in [0.25, 0.3) is 0 Å². The van der Waals surface area contributed by atoms with Gasteiger partial charge in [0, 0.05) is 17.7 Å². The van der Waals surface area contributed by atoms with Crippen LogP contribution in [-0.2, 0) is 17.6 Å². The van der Waals surface area contributed by atoms with Gasteiger partial charge in [-0.2, -0.15) is 4.98 Å². The van der Waals surface area contributed by atoms with E-state index in [1.165, 1.54) is 18.2 Å². The van der Waals surface area contributed by atoms with Crippen LogP contribution in [0.1, 0.15) is 55.5 Å². The Labute approximate surface area is 164 Å². The summed E-state index contributed by atoms with van der Waals surface area (Å²) in [6, 6.07) is 4.07. The molecule has 0 aliphatic heterocycles. The van der Waals surface area contributed by atoms with E-state index in [9.17, 15) is 14.4 Å². The van der Waals surface area contributed by atoms with Crippen molar-refractivity contribution in [1.29, 1.82) is 0 Å². The van der Waals surface area contributed by atoms with E-state index in [-0.39, 0.29) is 30.6 Å². The third-order valence-electron chi connectivity index (χ3n) is 4.70. The molecule has 2 rings (SSSR count). The number of aromatic nitrogens is 2. The molecule has 1 atom stereocenters. The van der Waals surface area contributed by atoms with Gasteiger partial charge in [-0.1, -0.05) is 32.4 Å². The number of hydroxylamine groups is 1. The Morgan fingerprint density at radius 2 is 2.04 bits per heavy atom. The molecule has 7 nitrogen and oxygen atoms in total. The smallest absolute Gasteiger partial charge is 0.307 e. The van der Waals surface area contributed by atoms with Crippen molar-refractivity contribution < 1.29 is 19.5 Å². The molecule has 8 heteroatoms. The predicted molar refractivity (Wildman–Crippen MR) is 105 cm³/mol. The van der Waals surface area contributed by atoms with Crippen LogP contribution in [0.15, 0.2) is 18.2 Å². The minimum Gasteiger partial charge on any atom is -0.481 e. The van der Waals surface area contributed by atoms with Crippen LogP contribution in [0, 0.1) is 12.7 Å². The number of anilines is 2. The summed E-state index contributed by atoms with van der Waals surface area (Å²) >= 11 is 0. The number of rotatable bonds is 9. The van der Waals surface area contributed by atoms with Gasteiger partial charge in [-0.25, -0.2) is 14.4 Å². The zero-order valence-electron chi connectivity index (χ0n) is 16.4. The lowest BCUT2D eigenvalue weighted by Gasteiger charge is -2.28. The zero-order chi connectivity index (χ0) is 20.8. The first-order chi connectivity index (χ1) is 13.3. The van der Waals surface area contributed by atoms with Crippen molar-refractivity contribution in [2.75, 3.05) is 10.8 Å². The number of nitrogens with two attached hydrogens (primary N) is 1. The number of nitrogen functional groups attached to an aromatic ring is 1. The van der Waals surface area contributed by atoms with Crippen LogP contribution < -0.4 is 10.8 Å². The molecule has 0 fully saturated rings. The summed E-state index contributed by atoms with van der Waals surface area (Å²) in [6.07, 6.45) is 2.27. The van der Waals surface area contributed by atoms with Gasteiger partial charge in [-0.3, -0.25) is 10.0 Å². The van der Waals surface area contributed by atoms with E-state index < -0.39 is 11.8 Å². The molecule has 0 spiro atoms. The first-order valence-electron chi connectivity index (χ1n) is 9.36. The number of aryl methyl sites for hydroxylation is 1. The lowest BCUT2D eigenvalue weighted by atomic mass is 9.99. The van der Waals surface area contributed by atoms with Crippen molar-refractivity contribution in [3.05, 3.63) is 46.4 Å². The molecule has 152 valence electrons. The Morgan fingerprint density at radius 1 is 1.32 bits per heavy atom. The molecule has 1 aromatic carbocycles. The maximum atomic E-state index is 14.4. The van der Waals surface area contributed by atoms with Crippen molar-refractivity contribution >= 4 is 17.7 Å². The third kappa shape index (κ3) is 5.16. The van der Waals surface area contributed by atoms with Crippen LogP contribution in [0.3, 0.4) is 0 Å². The van der Waals surface area contributed by atoms with Gasteiger partial charge in [0.2, 0.25) is 5.95 Å². The van der Waals surface area contributed by atoms with E-state index in [2.05, 4.69) is 9.97 Å². The Hall–Kier alpha value is -2.74. The average Bonchev–Trinajstić information content (AvgIpc) is 2.63. The second-order valence-electron chi connectivity index (χ2n) is 6.84. The van der Waals surface area contributed by atoms with Crippen LogP contribution in [0.25, 0.3) is 0 Å². The summed E-state index contributed by atoms with van der Waals surface area (Å²) in [5, 5.41) is 20.9. The summed E-state index contributed by atoms with van der Waals surface area (Å²) < 4.78 is 14.4. The number of carbonyl (C=O) groups is 1. The Morgan fingerprint density at radius 3 is 2.64 bits per heavy atom. The summed E-state index contributed by atoms with van der Waals surface area (Å²) in [4.78, 5) is 19.3. The van der Waals surface area contributed by atoms with E-state index in [4.69, 9.17) is 10.8 Å². The number of benzene rings is 1. The molecule has 4 N–H and O–H groups in total. The predicted octanol–water partition coefficient (Wildman–Crippen LogP) is 3.50. The van der Waals surface area contributed by atoms with Gasteiger partial charge in [0.1, 0.15) is 5.82 Å². The fourth-order valence-corrected chi connectivity index (χ4v) is 3.24. The summed E-state index contributed by atoms with van der Waals surface area (Å²) in [6.45, 7) is 5.72. The monoisotopic (exact) mass is 390 g/mol. The minimum atomic E-state index is -0.989. The quantitative estimate of drug-likeness (QED) is 0.562. The van der Waals surface area contributed by atoms with E-state index >= 15 is 0 Å². The number of halogens is 1. The lowest BCUT2D eigenvalue weighted by Crippen LogP contribution is -2.33. The maximum Gasteiger partial charge on any atom is 0.307 e. The number of nitrogens with zero attached hydrogens (tertiary/aromatic N) is 3. The molecular formula is C20H27FN4O3. The highest BCUT2D eigenvalue weighted by Crippen LogP contribution is 2.28. The van der Waals surface area contributed by atoms with E-state index in [0.717, 1.165) is 17.9 Å². The molecule has 1 aromatic heterocycles. The molecule has 0 aliphatic carbocycles. The van der Waals surface area contributed by atoms with E-state index in [1.807, 2.05) is 13.8 Å². The molecular weight excluding hydrogens is 363 g/mol. The Balaban J connectivity index is 2.47. The fourth-order valence-electron chi connectivity index (χ4n) is 3.24. The van der Waals surface area contributed by atoms with Crippen molar-refractivity contribution in [2.24, 2.45) is 0 Å². The molecule has 28 heavy (non-hydrogen) atoms. The molecule has 1 unspecified atom stereocenters. The standard InChI is InChI=1S/C20H27FN4O3/c1-4-6-15(5-2)25(28)19-16(12(3)23-20(22)24-19)11-14-9-13(10-18(26)27)7-8-17(14)21/h7-9,15,28H,4-6,10-11H2,1-3H3,(H,26,27)(H2,22,23,24). The first-order valence-corrected chi connectivity index (χ1v) is 9.36. The molecule has 0 aliphatic rings. The van der Waals surface area contributed by atoms with Crippen molar-refractivity contribution in [1.82, 2.24) is 9.97 Å². The number of hydrogen-bond acceptors (Lipinski definition) is 6. The highest BCUT2D eigenvalue weighted by molar-refractivity contribution is 5.70. The first kappa shape index (κ1) is 21.6. The molecule has 0 radical (unpaired) electrons. The van der Waals surface area contributed by atoms with Crippen LogP contribution >= 0.6 is 0 Å². The SMILES string of the molecule is CCCC(CC)N(O)c1nc(N)nc(C)c1Cc1cc(CC(=O)O)ccc1F. The Kier molecular flexibility index (Phi) is 7.28. The maximum absolute atomic E-state index is 14.4. The van der Waals surface area contributed by atoms with Crippen molar-refractivity contribution in [3.63, 3.8) is 0 Å². The summed E-state index contributed by atoms with van der Waals surface area (Å²) in [5.74, 6) is -1.16. The average molecular weight is 390 g/mol. The topological polar surface area (TPSA) is 113 Å². The second-order valence-corrected chi connectivity index (χ2v) is 6.84. The van der Waals surface area contributed by atoms with E-state index in [1.54, 1.807) is 6.92 Å².